The second kappa shape index (κ2) is 9.26. The third kappa shape index (κ3) is 4.79. The summed E-state index contributed by atoms with van der Waals surface area (Å²) in [6.07, 6.45) is 6.41. The van der Waals surface area contributed by atoms with Crippen LogP contribution in [0.25, 0.3) is 0 Å². The number of hydrogen-bond donors (Lipinski definition) is 1. The van der Waals surface area contributed by atoms with E-state index >= 15 is 0 Å². The Morgan fingerprint density at radius 1 is 1.09 bits per heavy atom. The molecular weight excluding hydrogens is 288 g/mol. The van der Waals surface area contributed by atoms with Crippen LogP contribution < -0.4 is 5.32 Å². The van der Waals surface area contributed by atoms with Crippen molar-refractivity contribution in [3.05, 3.63) is 35.4 Å². The molecule has 0 fully saturated rings. The maximum atomic E-state index is 5.44. The summed E-state index contributed by atoms with van der Waals surface area (Å²) in [4.78, 5) is 3.57. The van der Waals surface area contributed by atoms with E-state index < -0.39 is 0 Å². The number of thiocarbonyl (C=S) groups is 1. The summed E-state index contributed by atoms with van der Waals surface area (Å²) in [5.41, 5.74) is 2.68. The van der Waals surface area contributed by atoms with E-state index in [0.29, 0.717) is 5.92 Å². The van der Waals surface area contributed by atoms with E-state index in [4.69, 9.17) is 12.2 Å². The van der Waals surface area contributed by atoms with Crippen molar-refractivity contribution in [3.63, 3.8) is 0 Å². The Morgan fingerprint density at radius 2 is 1.77 bits per heavy atom. The van der Waals surface area contributed by atoms with Gasteiger partial charge in [-0.3, -0.25) is 0 Å². The molecule has 1 aromatic rings. The van der Waals surface area contributed by atoms with Crippen molar-refractivity contribution < 1.29 is 0 Å². The van der Waals surface area contributed by atoms with Crippen LogP contribution >= 0.6 is 12.2 Å². The molecule has 1 aliphatic heterocycles. The fourth-order valence-electron chi connectivity index (χ4n) is 3.18. The van der Waals surface area contributed by atoms with Crippen LogP contribution in [0.1, 0.15) is 63.0 Å². The van der Waals surface area contributed by atoms with Gasteiger partial charge in [-0.15, -0.1) is 0 Å². The molecule has 22 heavy (non-hydrogen) atoms. The molecular formula is C19H30N2S. The Bertz CT molecular complexity index is 464. The minimum Gasteiger partial charge on any atom is -0.375 e. The molecule has 2 nitrogen and oxygen atoms in total. The highest BCUT2D eigenvalue weighted by Gasteiger charge is 2.22. The monoisotopic (exact) mass is 318 g/mol. The highest BCUT2D eigenvalue weighted by atomic mass is 32.1. The Labute approximate surface area is 141 Å². The Balaban J connectivity index is 1.94. The van der Waals surface area contributed by atoms with Gasteiger partial charge < -0.3 is 10.2 Å². The summed E-state index contributed by atoms with van der Waals surface area (Å²) in [6, 6.07) is 8.65. The van der Waals surface area contributed by atoms with E-state index in [1.165, 1.54) is 62.9 Å². The molecule has 1 unspecified atom stereocenters. The van der Waals surface area contributed by atoms with E-state index in [1.54, 1.807) is 0 Å². The first-order valence-corrected chi connectivity index (χ1v) is 9.26. The average Bonchev–Trinajstić information content (AvgIpc) is 2.56. The molecule has 122 valence electrons. The molecule has 2 rings (SSSR count). The molecule has 1 N–H and O–H groups in total. The zero-order valence-electron chi connectivity index (χ0n) is 14.1. The van der Waals surface area contributed by atoms with Crippen molar-refractivity contribution in [1.82, 2.24) is 10.2 Å². The molecule has 3 heteroatoms. The first-order chi connectivity index (χ1) is 10.8. The van der Waals surface area contributed by atoms with Gasteiger partial charge in [-0.05, 0) is 44.5 Å². The van der Waals surface area contributed by atoms with E-state index in [-0.39, 0.29) is 0 Å². The number of nitrogens with one attached hydrogen (secondary N) is 1. The van der Waals surface area contributed by atoms with Crippen molar-refractivity contribution in [2.75, 3.05) is 26.2 Å². The molecule has 0 aromatic heterocycles. The van der Waals surface area contributed by atoms with Crippen molar-refractivity contribution in [3.8, 4) is 0 Å². The van der Waals surface area contributed by atoms with Crippen LogP contribution in [-0.4, -0.2) is 36.1 Å². The molecule has 1 aromatic carbocycles. The van der Waals surface area contributed by atoms with Gasteiger partial charge >= 0.3 is 0 Å². The molecule has 0 amide bonds. The first kappa shape index (κ1) is 17.4. The van der Waals surface area contributed by atoms with Gasteiger partial charge in [-0.25, -0.2) is 0 Å². The minimum atomic E-state index is 0.591. The third-order valence-corrected chi connectivity index (χ3v) is 4.97. The highest BCUT2D eigenvalue weighted by Crippen LogP contribution is 2.27. The van der Waals surface area contributed by atoms with Crippen molar-refractivity contribution in [2.45, 2.75) is 51.9 Å². The zero-order valence-corrected chi connectivity index (χ0v) is 14.9. The largest absolute Gasteiger partial charge is 0.375 e. The topological polar surface area (TPSA) is 15.3 Å². The molecule has 0 radical (unpaired) electrons. The lowest BCUT2D eigenvalue weighted by atomic mass is 9.88. The highest BCUT2D eigenvalue weighted by molar-refractivity contribution is 7.80. The summed E-state index contributed by atoms with van der Waals surface area (Å²) in [5, 5.41) is 3.41. The van der Waals surface area contributed by atoms with Crippen molar-refractivity contribution in [2.24, 2.45) is 0 Å². The maximum Gasteiger partial charge on any atom is 0.106 e. The van der Waals surface area contributed by atoms with E-state index in [0.717, 1.165) is 11.5 Å². The lowest BCUT2D eigenvalue weighted by Gasteiger charge is -2.30. The third-order valence-electron chi connectivity index (χ3n) is 4.60. The zero-order chi connectivity index (χ0) is 15.8. The quantitative estimate of drug-likeness (QED) is 0.682. The SMILES string of the molecule is CCCCN(CCCC)CCC1CNC(=S)c2ccccc21. The van der Waals surface area contributed by atoms with Gasteiger partial charge in [0, 0.05) is 18.0 Å². The number of hydrogen-bond acceptors (Lipinski definition) is 2. The van der Waals surface area contributed by atoms with E-state index in [9.17, 15) is 0 Å². The molecule has 0 bridgehead atoms. The Kier molecular flexibility index (Phi) is 7.34. The summed E-state index contributed by atoms with van der Waals surface area (Å²) in [5.74, 6) is 0.591. The van der Waals surface area contributed by atoms with Crippen LogP contribution in [0.2, 0.25) is 0 Å². The second-order valence-electron chi connectivity index (χ2n) is 6.33. The average molecular weight is 319 g/mol. The normalized spacial score (nSPS) is 17.4. The lowest BCUT2D eigenvalue weighted by Crippen LogP contribution is -2.36. The molecule has 0 aliphatic carbocycles. The number of fused-ring (bicyclic) bond motifs is 1. The van der Waals surface area contributed by atoms with Crippen LogP contribution in [0.4, 0.5) is 0 Å². The summed E-state index contributed by atoms with van der Waals surface area (Å²) in [6.45, 7) is 9.24. The molecule has 1 heterocycles. The van der Waals surface area contributed by atoms with Gasteiger partial charge in [0.25, 0.3) is 0 Å². The van der Waals surface area contributed by atoms with Crippen LogP contribution in [-0.2, 0) is 0 Å². The smallest absolute Gasteiger partial charge is 0.106 e. The van der Waals surface area contributed by atoms with Gasteiger partial charge in [0.15, 0.2) is 0 Å². The van der Waals surface area contributed by atoms with Crippen LogP contribution in [0, 0.1) is 0 Å². The summed E-state index contributed by atoms with van der Waals surface area (Å²) in [7, 11) is 0. The molecule has 0 spiro atoms. The minimum absolute atomic E-state index is 0.591. The van der Waals surface area contributed by atoms with Gasteiger partial charge in [0.1, 0.15) is 4.99 Å². The molecule has 0 saturated carbocycles. The van der Waals surface area contributed by atoms with Gasteiger partial charge in [0.2, 0.25) is 0 Å². The second-order valence-corrected chi connectivity index (χ2v) is 6.74. The number of rotatable bonds is 9. The maximum absolute atomic E-state index is 5.44. The first-order valence-electron chi connectivity index (χ1n) is 8.85. The standard InChI is InChI=1S/C19H30N2S/c1-3-5-12-21(13-6-4-2)14-11-16-15-20-19(22)18-10-8-7-9-17(16)18/h7-10,16H,3-6,11-15H2,1-2H3,(H,20,22). The fraction of sp³-hybridized carbons (Fsp3) is 0.632. The Hall–Kier alpha value is -0.930. The van der Waals surface area contributed by atoms with Crippen LogP contribution in [0.15, 0.2) is 24.3 Å². The predicted molar refractivity (Wildman–Crippen MR) is 99.8 cm³/mol. The van der Waals surface area contributed by atoms with Crippen LogP contribution in [0.5, 0.6) is 0 Å². The van der Waals surface area contributed by atoms with E-state index in [2.05, 4.69) is 48.3 Å². The number of nitrogens with zero attached hydrogens (tertiary/aromatic N) is 1. The Morgan fingerprint density at radius 3 is 2.45 bits per heavy atom. The van der Waals surface area contributed by atoms with Gasteiger partial charge in [-0.2, -0.15) is 0 Å². The van der Waals surface area contributed by atoms with Gasteiger partial charge in [0.05, 0.1) is 0 Å². The van der Waals surface area contributed by atoms with Crippen LogP contribution in [0.3, 0.4) is 0 Å². The van der Waals surface area contributed by atoms with Crippen molar-refractivity contribution in [1.29, 1.82) is 0 Å². The summed E-state index contributed by atoms with van der Waals surface area (Å²) >= 11 is 5.44. The van der Waals surface area contributed by atoms with Gasteiger partial charge in [-0.1, -0.05) is 63.2 Å². The predicted octanol–water partition coefficient (Wildman–Crippen LogP) is 4.34. The van der Waals surface area contributed by atoms with Crippen molar-refractivity contribution >= 4 is 17.2 Å². The lowest BCUT2D eigenvalue weighted by molar-refractivity contribution is 0.254. The van der Waals surface area contributed by atoms with E-state index in [1.807, 2.05) is 0 Å². The molecule has 1 atom stereocenters. The number of benzene rings is 1. The fourth-order valence-corrected chi connectivity index (χ4v) is 3.44. The molecule has 0 saturated heterocycles. The summed E-state index contributed by atoms with van der Waals surface area (Å²) < 4.78 is 0. The number of unbranched alkanes of at least 4 members (excludes halogenated alkanes) is 2. The molecule has 1 aliphatic rings.